The Morgan fingerprint density at radius 1 is 0.760 bits per heavy atom. The van der Waals surface area contributed by atoms with Crippen molar-refractivity contribution in [3.05, 3.63) is 25.3 Å². The van der Waals surface area contributed by atoms with Gasteiger partial charge in [0.2, 0.25) is 0 Å². The van der Waals surface area contributed by atoms with E-state index in [-0.39, 0.29) is 6.61 Å². The number of phosphoric acid groups is 1. The monoisotopic (exact) mass is 376 g/mol. The third-order valence-corrected chi connectivity index (χ3v) is 4.43. The summed E-state index contributed by atoms with van der Waals surface area (Å²) in [4.78, 5) is 17.1. The number of phosphoric ester groups is 1. The molecule has 0 atom stereocenters. The first-order valence-electron chi connectivity index (χ1n) is 9.91. The number of hydrogen-bond acceptors (Lipinski definition) is 2. The summed E-state index contributed by atoms with van der Waals surface area (Å²) in [5, 5.41) is 0. The SMILES string of the molecule is C=C.CCCCCCCC/C=C\CCCCCCCCOP(=O)(O)O. The fourth-order valence-electron chi connectivity index (χ4n) is 2.53. The van der Waals surface area contributed by atoms with Crippen LogP contribution in [0.3, 0.4) is 0 Å². The Morgan fingerprint density at radius 3 is 1.60 bits per heavy atom. The number of unbranched alkanes of at least 4 members (excludes halogenated alkanes) is 12. The summed E-state index contributed by atoms with van der Waals surface area (Å²) >= 11 is 0. The van der Waals surface area contributed by atoms with Gasteiger partial charge in [0.15, 0.2) is 0 Å². The molecule has 0 unspecified atom stereocenters. The Hall–Kier alpha value is -0.410. The second kappa shape index (κ2) is 21.6. The zero-order chi connectivity index (χ0) is 19.2. The second-order valence-electron chi connectivity index (χ2n) is 6.26. The molecule has 0 aliphatic heterocycles. The van der Waals surface area contributed by atoms with Crippen molar-refractivity contribution in [3.8, 4) is 0 Å². The Bertz CT molecular complexity index is 326. The van der Waals surface area contributed by atoms with Gasteiger partial charge in [-0.3, -0.25) is 4.52 Å². The molecule has 0 saturated heterocycles. The van der Waals surface area contributed by atoms with Crippen molar-refractivity contribution in [2.24, 2.45) is 0 Å². The van der Waals surface area contributed by atoms with Crippen molar-refractivity contribution in [3.63, 3.8) is 0 Å². The Labute approximate surface area is 156 Å². The second-order valence-corrected chi connectivity index (χ2v) is 7.50. The van der Waals surface area contributed by atoms with Gasteiger partial charge in [-0.2, -0.15) is 0 Å². The molecule has 0 rings (SSSR count). The lowest BCUT2D eigenvalue weighted by molar-refractivity contribution is 0.193. The molecule has 0 aromatic heterocycles. The van der Waals surface area contributed by atoms with Gasteiger partial charge in [0.1, 0.15) is 0 Å². The molecule has 0 aromatic rings. The molecule has 4 nitrogen and oxygen atoms in total. The molecule has 5 heteroatoms. The lowest BCUT2D eigenvalue weighted by atomic mass is 10.1. The summed E-state index contributed by atoms with van der Waals surface area (Å²) in [6, 6.07) is 0. The van der Waals surface area contributed by atoms with Crippen LogP contribution in [0.4, 0.5) is 0 Å². The van der Waals surface area contributed by atoms with Gasteiger partial charge in [-0.25, -0.2) is 4.57 Å². The molecule has 150 valence electrons. The van der Waals surface area contributed by atoms with Crippen LogP contribution < -0.4 is 0 Å². The largest absolute Gasteiger partial charge is 0.469 e. The lowest BCUT2D eigenvalue weighted by Gasteiger charge is -2.04. The van der Waals surface area contributed by atoms with Crippen LogP contribution in [0, 0.1) is 0 Å². The van der Waals surface area contributed by atoms with E-state index in [4.69, 9.17) is 9.79 Å². The van der Waals surface area contributed by atoms with Gasteiger partial charge < -0.3 is 9.79 Å². The number of rotatable bonds is 17. The molecule has 0 saturated carbocycles. The molecule has 0 spiro atoms. The fraction of sp³-hybridized carbons (Fsp3) is 0.800. The van der Waals surface area contributed by atoms with E-state index in [1.165, 1.54) is 70.6 Å². The van der Waals surface area contributed by atoms with Crippen LogP contribution in [-0.2, 0) is 9.09 Å². The first kappa shape index (κ1) is 26.8. The van der Waals surface area contributed by atoms with E-state index in [1.807, 2.05) is 0 Å². The summed E-state index contributed by atoms with van der Waals surface area (Å²) in [5.41, 5.74) is 0. The van der Waals surface area contributed by atoms with E-state index in [1.54, 1.807) is 0 Å². The van der Waals surface area contributed by atoms with E-state index in [0.29, 0.717) is 0 Å². The van der Waals surface area contributed by atoms with Crippen molar-refractivity contribution in [1.82, 2.24) is 0 Å². The standard InChI is InChI=1S/C18H37O4P.C2H4/c1-2-3-4-5-6-7-8-9-10-11-12-13-14-15-16-17-18-22-23(19,20)21;1-2/h9-10H,2-8,11-18H2,1H3,(H2,19,20,21);1-2H2/b10-9-;. The van der Waals surface area contributed by atoms with Crippen LogP contribution in [0.15, 0.2) is 25.3 Å². The van der Waals surface area contributed by atoms with Crippen molar-refractivity contribution < 1.29 is 18.9 Å². The number of hydrogen-bond donors (Lipinski definition) is 2. The molecular formula is C20H41O4P. The Morgan fingerprint density at radius 2 is 1.16 bits per heavy atom. The number of allylic oxidation sites excluding steroid dienone is 2. The summed E-state index contributed by atoms with van der Waals surface area (Å²) < 4.78 is 14.9. The molecule has 2 N–H and O–H groups in total. The van der Waals surface area contributed by atoms with Crippen LogP contribution in [-0.4, -0.2) is 16.4 Å². The minimum atomic E-state index is -4.26. The van der Waals surface area contributed by atoms with Crippen LogP contribution in [0.25, 0.3) is 0 Å². The average molecular weight is 377 g/mol. The zero-order valence-corrected chi connectivity index (χ0v) is 17.2. The van der Waals surface area contributed by atoms with Crippen LogP contribution in [0.2, 0.25) is 0 Å². The van der Waals surface area contributed by atoms with Crippen molar-refractivity contribution >= 4 is 7.82 Å². The minimum absolute atomic E-state index is 0.158. The fourth-order valence-corrected chi connectivity index (χ4v) is 2.90. The van der Waals surface area contributed by atoms with E-state index in [0.717, 1.165) is 19.3 Å². The van der Waals surface area contributed by atoms with Crippen LogP contribution >= 0.6 is 7.82 Å². The van der Waals surface area contributed by atoms with Crippen molar-refractivity contribution in [1.29, 1.82) is 0 Å². The van der Waals surface area contributed by atoms with Gasteiger partial charge in [0.25, 0.3) is 0 Å². The minimum Gasteiger partial charge on any atom is -0.303 e. The van der Waals surface area contributed by atoms with Gasteiger partial charge in [0.05, 0.1) is 6.61 Å². The van der Waals surface area contributed by atoms with Gasteiger partial charge in [-0.1, -0.05) is 76.9 Å². The van der Waals surface area contributed by atoms with Gasteiger partial charge in [-0.15, -0.1) is 13.2 Å². The molecule has 0 aliphatic carbocycles. The normalized spacial score (nSPS) is 11.5. The first-order valence-corrected chi connectivity index (χ1v) is 11.4. The molecule has 0 fully saturated rings. The highest BCUT2D eigenvalue weighted by molar-refractivity contribution is 7.46. The third kappa shape index (κ3) is 28.7. The molecule has 0 radical (unpaired) electrons. The predicted molar refractivity (Wildman–Crippen MR) is 109 cm³/mol. The predicted octanol–water partition coefficient (Wildman–Crippen LogP) is 6.94. The first-order chi connectivity index (χ1) is 12.1. The van der Waals surface area contributed by atoms with Gasteiger partial charge >= 0.3 is 7.82 Å². The third-order valence-electron chi connectivity index (χ3n) is 3.92. The lowest BCUT2D eigenvalue weighted by Crippen LogP contribution is -1.92. The highest BCUT2D eigenvalue weighted by Gasteiger charge is 2.12. The average Bonchev–Trinajstić information content (AvgIpc) is 2.58. The molecule has 0 aromatic carbocycles. The smallest absolute Gasteiger partial charge is 0.303 e. The molecule has 25 heavy (non-hydrogen) atoms. The molecule has 0 bridgehead atoms. The molecule has 0 amide bonds. The van der Waals surface area contributed by atoms with E-state index >= 15 is 0 Å². The Kier molecular flexibility index (Phi) is 23.2. The van der Waals surface area contributed by atoms with E-state index in [2.05, 4.69) is 36.8 Å². The maximum absolute atomic E-state index is 10.5. The maximum atomic E-state index is 10.5. The summed E-state index contributed by atoms with van der Waals surface area (Å²) in [5.74, 6) is 0. The topological polar surface area (TPSA) is 66.8 Å². The van der Waals surface area contributed by atoms with E-state index < -0.39 is 7.82 Å². The Balaban J connectivity index is 0. The van der Waals surface area contributed by atoms with Crippen molar-refractivity contribution in [2.45, 2.75) is 96.8 Å². The molecular weight excluding hydrogens is 335 g/mol. The summed E-state index contributed by atoms with van der Waals surface area (Å²) in [7, 11) is -4.26. The summed E-state index contributed by atoms with van der Waals surface area (Å²) in [6.07, 6.45) is 21.7. The zero-order valence-electron chi connectivity index (χ0n) is 16.3. The van der Waals surface area contributed by atoms with Crippen LogP contribution in [0.1, 0.15) is 96.8 Å². The summed E-state index contributed by atoms with van der Waals surface area (Å²) in [6.45, 7) is 8.41. The molecule has 0 heterocycles. The van der Waals surface area contributed by atoms with Crippen LogP contribution in [0.5, 0.6) is 0 Å². The van der Waals surface area contributed by atoms with Gasteiger partial charge in [0, 0.05) is 0 Å². The van der Waals surface area contributed by atoms with Gasteiger partial charge in [-0.05, 0) is 32.1 Å². The maximum Gasteiger partial charge on any atom is 0.469 e. The van der Waals surface area contributed by atoms with E-state index in [9.17, 15) is 4.57 Å². The van der Waals surface area contributed by atoms with Crippen molar-refractivity contribution in [2.75, 3.05) is 6.61 Å². The molecule has 0 aliphatic rings. The quantitative estimate of drug-likeness (QED) is 0.164. The highest BCUT2D eigenvalue weighted by Crippen LogP contribution is 2.35. The highest BCUT2D eigenvalue weighted by atomic mass is 31.2.